The summed E-state index contributed by atoms with van der Waals surface area (Å²) >= 11 is 0. The number of primary amides is 1. The zero-order chi connectivity index (χ0) is 6.85. The van der Waals surface area contributed by atoms with Crippen LogP contribution in [0.4, 0.5) is 0 Å². The molecular weight excluding hydrogens is 135 g/mol. The number of carbonyl (C=O) groups is 1. The average molecular weight is 146 g/mol. The molecule has 4 heteroatoms. The topological polar surface area (TPSA) is 46.3 Å². The number of carbonyl (C=O) groups excluding carboxylic acids is 1. The fraction of sp³-hybridized carbons (Fsp3) is 0.800. The first-order chi connectivity index (χ1) is 4.22. The van der Waals surface area contributed by atoms with Crippen molar-refractivity contribution in [3.63, 3.8) is 0 Å². The molecule has 0 spiro atoms. The Balaban J connectivity index is 2.49. The molecule has 0 aromatic heterocycles. The van der Waals surface area contributed by atoms with Gasteiger partial charge < -0.3 is 5.73 Å². The summed E-state index contributed by atoms with van der Waals surface area (Å²) in [7, 11) is 2.51. The van der Waals surface area contributed by atoms with Gasteiger partial charge in [-0.15, -0.1) is 0 Å². The molecule has 0 bridgehead atoms. The van der Waals surface area contributed by atoms with Crippen molar-refractivity contribution in [1.82, 2.24) is 4.67 Å². The summed E-state index contributed by atoms with van der Waals surface area (Å²) in [4.78, 5) is 10.6. The second-order valence-corrected chi connectivity index (χ2v) is 2.96. The van der Waals surface area contributed by atoms with Gasteiger partial charge in [0.05, 0.1) is 6.04 Å². The van der Waals surface area contributed by atoms with E-state index in [1.54, 1.807) is 0 Å². The lowest BCUT2D eigenvalue weighted by Crippen LogP contribution is -2.34. The van der Waals surface area contributed by atoms with Crippen LogP contribution in [0.5, 0.6) is 0 Å². The Morgan fingerprint density at radius 3 is 2.67 bits per heavy atom. The SMILES string of the molecule is NC(=O)C1CCCN1P. The molecule has 1 fully saturated rings. The predicted octanol–water partition coefficient (Wildman–Crippen LogP) is -0.274. The zero-order valence-corrected chi connectivity index (χ0v) is 6.36. The number of nitrogens with zero attached hydrogens (tertiary/aromatic N) is 1. The zero-order valence-electron chi connectivity index (χ0n) is 5.21. The molecule has 1 amide bonds. The number of rotatable bonds is 1. The van der Waals surface area contributed by atoms with Crippen molar-refractivity contribution in [3.8, 4) is 0 Å². The maximum Gasteiger partial charge on any atom is 0.235 e. The molecule has 1 saturated heterocycles. The van der Waals surface area contributed by atoms with Gasteiger partial charge in [-0.25, -0.2) is 0 Å². The van der Waals surface area contributed by atoms with E-state index in [1.807, 2.05) is 4.67 Å². The standard InChI is InChI=1S/C5H11N2OP/c6-5(8)4-2-1-3-7(4)9/h4H,1-3,9H2,(H2,6,8). The lowest BCUT2D eigenvalue weighted by molar-refractivity contribution is -0.120. The van der Waals surface area contributed by atoms with Gasteiger partial charge in [0.1, 0.15) is 0 Å². The minimum absolute atomic E-state index is 0.0324. The largest absolute Gasteiger partial charge is 0.368 e. The summed E-state index contributed by atoms with van der Waals surface area (Å²) in [5, 5.41) is 0. The van der Waals surface area contributed by atoms with E-state index in [-0.39, 0.29) is 11.9 Å². The third kappa shape index (κ3) is 1.41. The molecule has 2 unspecified atom stereocenters. The Bertz CT molecular complexity index is 128. The maximum absolute atomic E-state index is 10.6. The minimum Gasteiger partial charge on any atom is -0.368 e. The van der Waals surface area contributed by atoms with E-state index < -0.39 is 0 Å². The Morgan fingerprint density at radius 1 is 1.78 bits per heavy atom. The van der Waals surface area contributed by atoms with Gasteiger partial charge in [0.2, 0.25) is 5.91 Å². The lowest BCUT2D eigenvalue weighted by Gasteiger charge is -2.13. The van der Waals surface area contributed by atoms with Crippen LogP contribution >= 0.6 is 9.39 Å². The molecule has 52 valence electrons. The molecule has 1 heterocycles. The fourth-order valence-electron chi connectivity index (χ4n) is 1.09. The Kier molecular flexibility index (Phi) is 2.04. The highest BCUT2D eigenvalue weighted by atomic mass is 31.0. The van der Waals surface area contributed by atoms with E-state index in [9.17, 15) is 4.79 Å². The van der Waals surface area contributed by atoms with E-state index in [0.29, 0.717) is 0 Å². The van der Waals surface area contributed by atoms with E-state index >= 15 is 0 Å². The third-order valence-corrected chi connectivity index (χ3v) is 2.24. The van der Waals surface area contributed by atoms with Crippen LogP contribution < -0.4 is 5.73 Å². The molecule has 0 aromatic carbocycles. The molecule has 0 aliphatic carbocycles. The van der Waals surface area contributed by atoms with Crippen molar-refractivity contribution < 1.29 is 4.79 Å². The molecular formula is C5H11N2OP. The van der Waals surface area contributed by atoms with Gasteiger partial charge in [-0.1, -0.05) is 9.39 Å². The van der Waals surface area contributed by atoms with Crippen LogP contribution in [0.25, 0.3) is 0 Å². The minimum atomic E-state index is -0.206. The monoisotopic (exact) mass is 146 g/mol. The second kappa shape index (κ2) is 2.63. The summed E-state index contributed by atoms with van der Waals surface area (Å²) in [5.74, 6) is -0.206. The summed E-state index contributed by atoms with van der Waals surface area (Å²) in [6.07, 6.45) is 2.00. The van der Waals surface area contributed by atoms with Crippen LogP contribution in [0, 0.1) is 0 Å². The molecule has 0 aromatic rings. The van der Waals surface area contributed by atoms with Crippen molar-refractivity contribution in [2.24, 2.45) is 5.73 Å². The first-order valence-electron chi connectivity index (χ1n) is 3.02. The average Bonchev–Trinajstić information content (AvgIpc) is 2.13. The van der Waals surface area contributed by atoms with Gasteiger partial charge in [-0.2, -0.15) is 0 Å². The molecule has 1 aliphatic heterocycles. The maximum atomic E-state index is 10.6. The lowest BCUT2D eigenvalue weighted by atomic mass is 10.2. The van der Waals surface area contributed by atoms with Gasteiger partial charge in [0.15, 0.2) is 0 Å². The summed E-state index contributed by atoms with van der Waals surface area (Å²) < 4.78 is 1.92. The van der Waals surface area contributed by atoms with Crippen molar-refractivity contribution >= 4 is 15.3 Å². The molecule has 2 atom stereocenters. The summed E-state index contributed by atoms with van der Waals surface area (Å²) in [6.45, 7) is 0.971. The summed E-state index contributed by atoms with van der Waals surface area (Å²) in [6, 6.07) is -0.0324. The number of nitrogens with two attached hydrogens (primary N) is 1. The Labute approximate surface area is 56.8 Å². The second-order valence-electron chi connectivity index (χ2n) is 2.30. The number of amides is 1. The van der Waals surface area contributed by atoms with Gasteiger partial charge >= 0.3 is 0 Å². The van der Waals surface area contributed by atoms with Crippen LogP contribution in [0.2, 0.25) is 0 Å². The Morgan fingerprint density at radius 2 is 2.44 bits per heavy atom. The highest BCUT2D eigenvalue weighted by Crippen LogP contribution is 2.19. The van der Waals surface area contributed by atoms with E-state index in [4.69, 9.17) is 5.73 Å². The first-order valence-corrected chi connectivity index (χ1v) is 3.54. The van der Waals surface area contributed by atoms with Gasteiger partial charge in [0, 0.05) is 6.54 Å². The third-order valence-electron chi connectivity index (χ3n) is 1.62. The molecule has 0 saturated carbocycles. The molecule has 2 N–H and O–H groups in total. The summed E-state index contributed by atoms with van der Waals surface area (Å²) in [5.41, 5.74) is 5.09. The predicted molar refractivity (Wildman–Crippen MR) is 38.6 cm³/mol. The van der Waals surface area contributed by atoms with E-state index in [0.717, 1.165) is 19.4 Å². The normalized spacial score (nSPS) is 28.8. The highest BCUT2D eigenvalue weighted by Gasteiger charge is 2.25. The van der Waals surface area contributed by atoms with Crippen molar-refractivity contribution in [1.29, 1.82) is 0 Å². The molecule has 3 nitrogen and oxygen atoms in total. The van der Waals surface area contributed by atoms with Crippen molar-refractivity contribution in [3.05, 3.63) is 0 Å². The Hall–Kier alpha value is -0.140. The molecule has 9 heavy (non-hydrogen) atoms. The van der Waals surface area contributed by atoms with E-state index in [2.05, 4.69) is 9.39 Å². The number of hydrogen-bond acceptors (Lipinski definition) is 2. The van der Waals surface area contributed by atoms with Crippen molar-refractivity contribution in [2.75, 3.05) is 6.54 Å². The van der Waals surface area contributed by atoms with E-state index in [1.165, 1.54) is 0 Å². The fourth-order valence-corrected chi connectivity index (χ4v) is 1.57. The van der Waals surface area contributed by atoms with Crippen LogP contribution in [-0.4, -0.2) is 23.2 Å². The quantitative estimate of drug-likeness (QED) is 0.517. The van der Waals surface area contributed by atoms with Gasteiger partial charge in [0.25, 0.3) is 0 Å². The van der Waals surface area contributed by atoms with Crippen LogP contribution in [0.1, 0.15) is 12.8 Å². The van der Waals surface area contributed by atoms with Crippen LogP contribution in [0.15, 0.2) is 0 Å². The highest BCUT2D eigenvalue weighted by molar-refractivity contribution is 7.13. The van der Waals surface area contributed by atoms with Crippen LogP contribution in [-0.2, 0) is 4.79 Å². The number of hydrogen-bond donors (Lipinski definition) is 1. The van der Waals surface area contributed by atoms with Gasteiger partial charge in [-0.3, -0.25) is 9.46 Å². The molecule has 1 rings (SSSR count). The molecule has 0 radical (unpaired) electrons. The van der Waals surface area contributed by atoms with Crippen molar-refractivity contribution in [2.45, 2.75) is 18.9 Å². The smallest absolute Gasteiger partial charge is 0.235 e. The first kappa shape index (κ1) is 6.97. The molecule has 1 aliphatic rings. The van der Waals surface area contributed by atoms with Crippen LogP contribution in [0.3, 0.4) is 0 Å². The van der Waals surface area contributed by atoms with Gasteiger partial charge in [-0.05, 0) is 12.8 Å².